The molecule has 5 N–H and O–H groups in total. The monoisotopic (exact) mass is 506 g/mol. The van der Waals surface area contributed by atoms with Gasteiger partial charge >= 0.3 is 5.97 Å². The van der Waals surface area contributed by atoms with Gasteiger partial charge in [-0.15, -0.1) is 0 Å². The number of carbonyl (C=O) groups is 1. The molecule has 0 bridgehead atoms. The quantitative estimate of drug-likeness (QED) is 0.175. The van der Waals surface area contributed by atoms with E-state index in [1.54, 1.807) is 49.6 Å². The first-order chi connectivity index (χ1) is 17.4. The first-order valence-corrected chi connectivity index (χ1v) is 11.5. The third kappa shape index (κ3) is 5.47. The third-order valence-corrected chi connectivity index (χ3v) is 6.49. The Balaban J connectivity index is 1.43. The molecule has 2 heterocycles. The normalized spacial score (nSPS) is 35.7. The SMILES string of the molecule is COc1ccc(C=CC(=O)O[C@@H]2C=C(CO)[C@H]3[C@H](O[C@@H]4O[C@H](CO)[C@@H](O)[C@H](O)[C@H]4O)OC=C[C@H]32)cc1. The number of hydrogen-bond donors (Lipinski definition) is 5. The standard InChI is InChI=1S/C25H30O11/c1-32-15-5-2-13(3-6-15)4-7-19(28)34-17-10-14(11-26)20-16(17)8-9-33-24(20)36-25-23(31)22(30)21(29)18(12-27)35-25/h2-10,16-18,20-27,29-31H,11-12H2,1H3/t16-,17+,18+,20+,21+,22-,23+,24-,25-/m0/s1. The topological polar surface area (TPSA) is 164 Å². The Morgan fingerprint density at radius 1 is 1.06 bits per heavy atom. The van der Waals surface area contributed by atoms with Crippen LogP contribution < -0.4 is 4.74 Å². The zero-order valence-electron chi connectivity index (χ0n) is 19.5. The molecule has 1 fully saturated rings. The number of esters is 1. The van der Waals surface area contributed by atoms with Crippen molar-refractivity contribution in [3.63, 3.8) is 0 Å². The predicted molar refractivity (Wildman–Crippen MR) is 123 cm³/mol. The molecule has 1 aromatic rings. The molecule has 0 saturated carbocycles. The predicted octanol–water partition coefficient (Wildman–Crippen LogP) is -0.529. The van der Waals surface area contributed by atoms with Crippen LogP contribution in [0.25, 0.3) is 6.08 Å². The van der Waals surface area contributed by atoms with E-state index in [0.717, 1.165) is 5.56 Å². The maximum atomic E-state index is 12.5. The fourth-order valence-corrected chi connectivity index (χ4v) is 4.52. The molecule has 0 amide bonds. The highest BCUT2D eigenvalue weighted by Crippen LogP contribution is 2.42. The summed E-state index contributed by atoms with van der Waals surface area (Å²) in [6, 6.07) is 7.12. The zero-order chi connectivity index (χ0) is 25.8. The van der Waals surface area contributed by atoms with Gasteiger partial charge in [0.05, 0.1) is 32.5 Å². The van der Waals surface area contributed by atoms with Gasteiger partial charge in [-0.3, -0.25) is 0 Å². The second-order valence-corrected chi connectivity index (χ2v) is 8.68. The van der Waals surface area contributed by atoms with E-state index in [1.807, 2.05) is 0 Å². The second kappa shape index (κ2) is 11.5. The minimum absolute atomic E-state index is 0.358. The molecule has 4 rings (SSSR count). The highest BCUT2D eigenvalue weighted by atomic mass is 16.8. The van der Waals surface area contributed by atoms with E-state index in [4.69, 9.17) is 23.7 Å². The number of ether oxygens (including phenoxy) is 5. The summed E-state index contributed by atoms with van der Waals surface area (Å²) in [7, 11) is 1.56. The highest BCUT2D eigenvalue weighted by Gasteiger charge is 2.49. The van der Waals surface area contributed by atoms with Crippen molar-refractivity contribution in [3.8, 4) is 5.75 Å². The Morgan fingerprint density at radius 3 is 2.47 bits per heavy atom. The molecule has 0 unspecified atom stereocenters. The van der Waals surface area contributed by atoms with E-state index in [-0.39, 0.29) is 6.61 Å². The summed E-state index contributed by atoms with van der Waals surface area (Å²) in [6.07, 6.45) is -1.55. The van der Waals surface area contributed by atoms with E-state index in [9.17, 15) is 30.3 Å². The van der Waals surface area contributed by atoms with Gasteiger partial charge < -0.3 is 49.2 Å². The van der Waals surface area contributed by atoms with Gasteiger partial charge in [0, 0.05) is 12.0 Å². The van der Waals surface area contributed by atoms with Crippen molar-refractivity contribution in [2.24, 2.45) is 11.8 Å². The summed E-state index contributed by atoms with van der Waals surface area (Å²) >= 11 is 0. The molecule has 11 nitrogen and oxygen atoms in total. The van der Waals surface area contributed by atoms with E-state index in [0.29, 0.717) is 11.3 Å². The third-order valence-electron chi connectivity index (χ3n) is 6.49. The Morgan fingerprint density at radius 2 is 1.81 bits per heavy atom. The zero-order valence-corrected chi connectivity index (χ0v) is 19.5. The molecule has 196 valence electrons. The number of aliphatic hydroxyl groups excluding tert-OH is 5. The molecular formula is C25H30O11. The van der Waals surface area contributed by atoms with Crippen molar-refractivity contribution < 1.29 is 54.0 Å². The number of hydrogen-bond acceptors (Lipinski definition) is 11. The van der Waals surface area contributed by atoms with Gasteiger partial charge in [0.25, 0.3) is 0 Å². The van der Waals surface area contributed by atoms with Crippen LogP contribution in [-0.4, -0.2) is 94.9 Å². The van der Waals surface area contributed by atoms with Gasteiger partial charge in [0.15, 0.2) is 6.29 Å². The van der Waals surface area contributed by atoms with Crippen LogP contribution >= 0.6 is 0 Å². The lowest BCUT2D eigenvalue weighted by atomic mass is 9.88. The molecule has 0 spiro atoms. The van der Waals surface area contributed by atoms with Crippen molar-refractivity contribution >= 4 is 12.0 Å². The van der Waals surface area contributed by atoms with Crippen LogP contribution in [0.1, 0.15) is 5.56 Å². The molecule has 3 aliphatic rings. The largest absolute Gasteiger partial charge is 0.497 e. The minimum Gasteiger partial charge on any atom is -0.497 e. The van der Waals surface area contributed by atoms with Crippen molar-refractivity contribution in [1.82, 2.24) is 0 Å². The maximum Gasteiger partial charge on any atom is 0.331 e. The number of fused-ring (bicyclic) bond motifs is 1. The summed E-state index contributed by atoms with van der Waals surface area (Å²) in [6.45, 7) is -0.963. The lowest BCUT2D eigenvalue weighted by Crippen LogP contribution is -2.60. The van der Waals surface area contributed by atoms with Gasteiger partial charge in [0.2, 0.25) is 6.29 Å². The Kier molecular flexibility index (Phi) is 8.42. The Hall–Kier alpha value is -2.77. The van der Waals surface area contributed by atoms with Gasteiger partial charge in [-0.25, -0.2) is 4.79 Å². The molecule has 1 aliphatic carbocycles. The van der Waals surface area contributed by atoms with E-state index in [2.05, 4.69) is 0 Å². The Bertz CT molecular complexity index is 986. The number of aliphatic hydroxyl groups is 5. The molecule has 2 aliphatic heterocycles. The summed E-state index contributed by atoms with van der Waals surface area (Å²) < 4.78 is 27.5. The van der Waals surface area contributed by atoms with Crippen LogP contribution in [-0.2, 0) is 23.7 Å². The van der Waals surface area contributed by atoms with Gasteiger partial charge in [-0.2, -0.15) is 0 Å². The van der Waals surface area contributed by atoms with Crippen molar-refractivity contribution in [3.05, 3.63) is 59.9 Å². The molecule has 36 heavy (non-hydrogen) atoms. The van der Waals surface area contributed by atoms with E-state index < -0.39 is 67.5 Å². The van der Waals surface area contributed by atoms with Crippen LogP contribution in [0.2, 0.25) is 0 Å². The molecule has 1 saturated heterocycles. The van der Waals surface area contributed by atoms with Crippen molar-refractivity contribution in [2.75, 3.05) is 20.3 Å². The van der Waals surface area contributed by atoms with Crippen molar-refractivity contribution in [2.45, 2.75) is 43.1 Å². The number of rotatable bonds is 8. The summed E-state index contributed by atoms with van der Waals surface area (Å²) in [4.78, 5) is 12.5. The molecule has 0 aromatic heterocycles. The van der Waals surface area contributed by atoms with Crippen LogP contribution in [0.5, 0.6) is 5.75 Å². The minimum atomic E-state index is -1.62. The van der Waals surface area contributed by atoms with E-state index >= 15 is 0 Å². The Labute approximate surface area is 207 Å². The molecule has 9 atom stereocenters. The van der Waals surface area contributed by atoms with Crippen LogP contribution in [0.15, 0.2) is 54.3 Å². The average Bonchev–Trinajstić information content (AvgIpc) is 3.26. The van der Waals surface area contributed by atoms with Crippen LogP contribution in [0, 0.1) is 11.8 Å². The summed E-state index contributed by atoms with van der Waals surface area (Å²) in [5, 5.41) is 49.6. The summed E-state index contributed by atoms with van der Waals surface area (Å²) in [5.41, 5.74) is 1.28. The number of benzene rings is 1. The fourth-order valence-electron chi connectivity index (χ4n) is 4.52. The van der Waals surface area contributed by atoms with E-state index in [1.165, 1.54) is 12.3 Å². The number of carbonyl (C=O) groups excluding carboxylic acids is 1. The second-order valence-electron chi connectivity index (χ2n) is 8.68. The van der Waals surface area contributed by atoms with Gasteiger partial charge in [-0.05, 0) is 41.5 Å². The smallest absolute Gasteiger partial charge is 0.331 e. The first kappa shape index (κ1) is 26.3. The maximum absolute atomic E-state index is 12.5. The van der Waals surface area contributed by atoms with Crippen molar-refractivity contribution in [1.29, 1.82) is 0 Å². The lowest BCUT2D eigenvalue weighted by Gasteiger charge is -2.42. The average molecular weight is 507 g/mol. The van der Waals surface area contributed by atoms with Crippen LogP contribution in [0.3, 0.4) is 0 Å². The van der Waals surface area contributed by atoms with Gasteiger partial charge in [-0.1, -0.05) is 12.1 Å². The molecule has 0 radical (unpaired) electrons. The fraction of sp³-hybridized carbons (Fsp3) is 0.480. The lowest BCUT2D eigenvalue weighted by molar-refractivity contribution is -0.339. The first-order valence-electron chi connectivity index (χ1n) is 11.5. The molecule has 11 heteroatoms. The van der Waals surface area contributed by atoms with Crippen LogP contribution in [0.4, 0.5) is 0 Å². The molecule has 1 aromatic carbocycles. The van der Waals surface area contributed by atoms with Gasteiger partial charge in [0.1, 0.15) is 36.3 Å². The summed E-state index contributed by atoms with van der Waals surface area (Å²) in [5.74, 6) is -0.915. The molecular weight excluding hydrogens is 476 g/mol. The highest BCUT2D eigenvalue weighted by molar-refractivity contribution is 5.87. The number of methoxy groups -OCH3 is 1.